The second kappa shape index (κ2) is 6.19. The number of nitrogens with one attached hydrogen (secondary N) is 1. The van der Waals surface area contributed by atoms with E-state index >= 15 is 0 Å². The SMILES string of the molecule is CC(Oc1ccc(Br)cc1C(=O)O)C(=O)NC(N)=O. The minimum Gasteiger partial charge on any atom is -0.480 e. The first kappa shape index (κ1) is 15.0. The van der Waals surface area contributed by atoms with E-state index in [1.807, 2.05) is 5.32 Å². The zero-order valence-corrected chi connectivity index (χ0v) is 11.4. The van der Waals surface area contributed by atoms with Gasteiger partial charge in [0.25, 0.3) is 5.91 Å². The van der Waals surface area contributed by atoms with Crippen molar-refractivity contribution >= 4 is 33.8 Å². The van der Waals surface area contributed by atoms with Crippen molar-refractivity contribution in [1.82, 2.24) is 5.32 Å². The number of hydrogen-bond donors (Lipinski definition) is 3. The summed E-state index contributed by atoms with van der Waals surface area (Å²) < 4.78 is 5.76. The average Bonchev–Trinajstić information content (AvgIpc) is 2.30. The lowest BCUT2D eigenvalue weighted by atomic mass is 10.2. The van der Waals surface area contributed by atoms with Gasteiger partial charge in [-0.05, 0) is 25.1 Å². The number of nitrogens with two attached hydrogens (primary N) is 1. The molecule has 0 fully saturated rings. The zero-order chi connectivity index (χ0) is 14.6. The molecule has 3 amide bonds. The number of aromatic carboxylic acids is 1. The van der Waals surface area contributed by atoms with Crippen molar-refractivity contribution in [2.24, 2.45) is 5.73 Å². The fourth-order valence-electron chi connectivity index (χ4n) is 1.24. The predicted octanol–water partition coefficient (Wildman–Crippen LogP) is 1.11. The predicted molar refractivity (Wildman–Crippen MR) is 68.9 cm³/mol. The molecule has 0 heterocycles. The normalized spacial score (nSPS) is 11.5. The molecule has 1 aromatic carbocycles. The standard InChI is InChI=1S/C11H11BrN2O5/c1-5(9(15)14-11(13)18)19-8-3-2-6(12)4-7(8)10(16)17/h2-5H,1H3,(H,16,17)(H3,13,14,15,18). The van der Waals surface area contributed by atoms with Crippen LogP contribution in [0.15, 0.2) is 22.7 Å². The highest BCUT2D eigenvalue weighted by molar-refractivity contribution is 9.10. The molecule has 19 heavy (non-hydrogen) atoms. The maximum Gasteiger partial charge on any atom is 0.339 e. The molecule has 1 rings (SSSR count). The first-order valence-corrected chi connectivity index (χ1v) is 5.90. The highest BCUT2D eigenvalue weighted by Crippen LogP contribution is 2.24. The van der Waals surface area contributed by atoms with Gasteiger partial charge in [-0.1, -0.05) is 15.9 Å². The summed E-state index contributed by atoms with van der Waals surface area (Å²) in [5.41, 5.74) is 4.69. The number of benzene rings is 1. The molecule has 0 aromatic heterocycles. The van der Waals surface area contributed by atoms with Gasteiger partial charge in [-0.15, -0.1) is 0 Å². The number of amides is 3. The van der Waals surface area contributed by atoms with Gasteiger partial charge in [0, 0.05) is 4.47 Å². The van der Waals surface area contributed by atoms with Gasteiger partial charge >= 0.3 is 12.0 Å². The molecule has 4 N–H and O–H groups in total. The van der Waals surface area contributed by atoms with Crippen LogP contribution in [0.5, 0.6) is 5.75 Å². The Balaban J connectivity index is 2.90. The van der Waals surface area contributed by atoms with Gasteiger partial charge < -0.3 is 15.6 Å². The van der Waals surface area contributed by atoms with Crippen LogP contribution in [0.2, 0.25) is 0 Å². The molecule has 1 unspecified atom stereocenters. The average molecular weight is 331 g/mol. The number of imide groups is 1. The summed E-state index contributed by atoms with van der Waals surface area (Å²) in [7, 11) is 0. The monoisotopic (exact) mass is 330 g/mol. The van der Waals surface area contributed by atoms with Gasteiger partial charge in [0.1, 0.15) is 11.3 Å². The minimum absolute atomic E-state index is 0.0165. The first-order chi connectivity index (χ1) is 8.81. The molecule has 1 aromatic rings. The van der Waals surface area contributed by atoms with Gasteiger partial charge in [0.05, 0.1) is 0 Å². The smallest absolute Gasteiger partial charge is 0.339 e. The summed E-state index contributed by atoms with van der Waals surface area (Å²) in [5.74, 6) is -1.94. The van der Waals surface area contributed by atoms with Gasteiger partial charge in [0.2, 0.25) is 0 Å². The quantitative estimate of drug-likeness (QED) is 0.764. The maximum atomic E-state index is 11.4. The number of carbonyl (C=O) groups excluding carboxylic acids is 2. The summed E-state index contributed by atoms with van der Waals surface area (Å²) in [5, 5.41) is 10.9. The lowest BCUT2D eigenvalue weighted by molar-refractivity contribution is -0.126. The highest BCUT2D eigenvalue weighted by Gasteiger charge is 2.19. The van der Waals surface area contributed by atoms with Crippen LogP contribution < -0.4 is 15.8 Å². The lowest BCUT2D eigenvalue weighted by Gasteiger charge is -2.15. The Bertz CT molecular complexity index is 532. The number of primary amides is 1. The molecule has 0 aliphatic carbocycles. The van der Waals surface area contributed by atoms with E-state index in [4.69, 9.17) is 15.6 Å². The summed E-state index contributed by atoms with van der Waals surface area (Å²) in [4.78, 5) is 33.0. The largest absolute Gasteiger partial charge is 0.480 e. The van der Waals surface area contributed by atoms with E-state index in [0.29, 0.717) is 4.47 Å². The van der Waals surface area contributed by atoms with Crippen LogP contribution >= 0.6 is 15.9 Å². The van der Waals surface area contributed by atoms with Crippen LogP contribution in [0, 0.1) is 0 Å². The van der Waals surface area contributed by atoms with E-state index in [2.05, 4.69) is 15.9 Å². The molecule has 1 atom stereocenters. The number of halogens is 1. The molecule has 0 spiro atoms. The fourth-order valence-corrected chi connectivity index (χ4v) is 1.60. The summed E-state index contributed by atoms with van der Waals surface area (Å²) in [6.07, 6.45) is -1.06. The van der Waals surface area contributed by atoms with Crippen molar-refractivity contribution in [1.29, 1.82) is 0 Å². The van der Waals surface area contributed by atoms with E-state index in [0.717, 1.165) is 0 Å². The number of rotatable bonds is 4. The number of carbonyl (C=O) groups is 3. The molecule has 0 radical (unpaired) electrons. The molecule has 0 saturated heterocycles. The summed E-state index contributed by atoms with van der Waals surface area (Å²) >= 11 is 3.13. The molecular formula is C11H11BrN2O5. The third-order valence-corrected chi connectivity index (χ3v) is 2.58. The van der Waals surface area contributed by atoms with Crippen molar-refractivity contribution < 1.29 is 24.2 Å². The number of hydrogen-bond acceptors (Lipinski definition) is 4. The van der Waals surface area contributed by atoms with Crippen LogP contribution in [0.3, 0.4) is 0 Å². The molecule has 7 nitrogen and oxygen atoms in total. The lowest BCUT2D eigenvalue weighted by Crippen LogP contribution is -2.42. The Labute approximate surface area is 116 Å². The summed E-state index contributed by atoms with van der Waals surface area (Å²) in [6.45, 7) is 1.37. The Kier molecular flexibility index (Phi) is 4.87. The van der Waals surface area contributed by atoms with Gasteiger partial charge in [-0.3, -0.25) is 10.1 Å². The van der Waals surface area contributed by atoms with E-state index in [-0.39, 0.29) is 11.3 Å². The molecule has 0 aliphatic rings. The minimum atomic E-state index is -1.20. The topological polar surface area (TPSA) is 119 Å². The van der Waals surface area contributed by atoms with Crippen LogP contribution in [0.25, 0.3) is 0 Å². The van der Waals surface area contributed by atoms with E-state index in [9.17, 15) is 14.4 Å². The van der Waals surface area contributed by atoms with Crippen LogP contribution in [0.1, 0.15) is 17.3 Å². The van der Waals surface area contributed by atoms with Crippen molar-refractivity contribution in [2.45, 2.75) is 13.0 Å². The molecule has 102 valence electrons. The Morgan fingerprint density at radius 3 is 2.58 bits per heavy atom. The Morgan fingerprint density at radius 1 is 1.42 bits per heavy atom. The van der Waals surface area contributed by atoms with Crippen molar-refractivity contribution in [3.63, 3.8) is 0 Å². The second-order valence-corrected chi connectivity index (χ2v) is 4.47. The number of carboxylic acids is 1. The van der Waals surface area contributed by atoms with E-state index < -0.39 is 24.0 Å². The fraction of sp³-hybridized carbons (Fsp3) is 0.182. The summed E-state index contributed by atoms with van der Waals surface area (Å²) in [6, 6.07) is 3.31. The van der Waals surface area contributed by atoms with Crippen molar-refractivity contribution in [2.75, 3.05) is 0 Å². The Morgan fingerprint density at radius 2 is 2.05 bits per heavy atom. The molecular weight excluding hydrogens is 320 g/mol. The number of carboxylic acid groups (broad SMARTS) is 1. The van der Waals surface area contributed by atoms with Crippen LogP contribution in [-0.4, -0.2) is 29.1 Å². The van der Waals surface area contributed by atoms with Gasteiger partial charge in [-0.2, -0.15) is 0 Å². The zero-order valence-electron chi connectivity index (χ0n) is 9.84. The van der Waals surface area contributed by atoms with Crippen LogP contribution in [-0.2, 0) is 4.79 Å². The van der Waals surface area contributed by atoms with Crippen molar-refractivity contribution in [3.8, 4) is 5.75 Å². The number of urea groups is 1. The van der Waals surface area contributed by atoms with E-state index in [1.165, 1.54) is 19.1 Å². The van der Waals surface area contributed by atoms with Crippen molar-refractivity contribution in [3.05, 3.63) is 28.2 Å². The molecule has 0 bridgehead atoms. The first-order valence-electron chi connectivity index (χ1n) is 5.11. The molecule has 0 aliphatic heterocycles. The maximum absolute atomic E-state index is 11.4. The third kappa shape index (κ3) is 4.25. The van der Waals surface area contributed by atoms with Gasteiger partial charge in [0.15, 0.2) is 6.10 Å². The third-order valence-electron chi connectivity index (χ3n) is 2.09. The van der Waals surface area contributed by atoms with Crippen LogP contribution in [0.4, 0.5) is 4.79 Å². The highest BCUT2D eigenvalue weighted by atomic mass is 79.9. The Hall–Kier alpha value is -2.09. The number of ether oxygens (including phenoxy) is 1. The van der Waals surface area contributed by atoms with E-state index in [1.54, 1.807) is 6.07 Å². The second-order valence-electron chi connectivity index (χ2n) is 3.56. The molecule has 8 heteroatoms. The van der Waals surface area contributed by atoms with Gasteiger partial charge in [-0.25, -0.2) is 9.59 Å². The molecule has 0 saturated carbocycles.